The van der Waals surface area contributed by atoms with Gasteiger partial charge in [0.25, 0.3) is 0 Å². The first-order valence-electron chi connectivity index (χ1n) is 7.96. The fraction of sp³-hybridized carbons (Fsp3) is 0.647. The van der Waals surface area contributed by atoms with Crippen LogP contribution in [0.1, 0.15) is 38.3 Å². The van der Waals surface area contributed by atoms with E-state index in [1.165, 1.54) is 5.56 Å². The highest BCUT2D eigenvalue weighted by Crippen LogP contribution is 2.24. The van der Waals surface area contributed by atoms with E-state index in [1.807, 2.05) is 0 Å². The molecule has 1 aliphatic heterocycles. The zero-order valence-electron chi connectivity index (χ0n) is 13.4. The Labute approximate surface area is 131 Å². The van der Waals surface area contributed by atoms with Crippen LogP contribution in [0.4, 0.5) is 0 Å². The molecule has 0 aliphatic carbocycles. The lowest BCUT2D eigenvalue weighted by atomic mass is 9.98. The lowest BCUT2D eigenvalue weighted by molar-refractivity contribution is 0.0847. The monoisotopic (exact) mass is 308 g/mol. The van der Waals surface area contributed by atoms with E-state index in [2.05, 4.69) is 54.4 Å². The van der Waals surface area contributed by atoms with Gasteiger partial charge in [-0.1, -0.05) is 37.3 Å². The minimum atomic E-state index is -0.691. The Morgan fingerprint density at radius 1 is 1.38 bits per heavy atom. The molecule has 0 saturated carbocycles. The zero-order valence-corrected chi connectivity index (χ0v) is 14.2. The highest BCUT2D eigenvalue weighted by molar-refractivity contribution is 7.84. The second kappa shape index (κ2) is 8.06. The van der Waals surface area contributed by atoms with Gasteiger partial charge in [-0.05, 0) is 25.3 Å². The van der Waals surface area contributed by atoms with Gasteiger partial charge in [0.05, 0.1) is 0 Å². The van der Waals surface area contributed by atoms with Crippen molar-refractivity contribution in [3.63, 3.8) is 0 Å². The van der Waals surface area contributed by atoms with Gasteiger partial charge in [-0.15, -0.1) is 0 Å². The number of nitrogens with one attached hydrogen (secondary N) is 1. The van der Waals surface area contributed by atoms with Crippen molar-refractivity contribution < 1.29 is 4.21 Å². The van der Waals surface area contributed by atoms with Crippen LogP contribution in [0.3, 0.4) is 0 Å². The Bertz CT molecular complexity index is 451. The van der Waals surface area contributed by atoms with Gasteiger partial charge in [0.1, 0.15) is 0 Å². The van der Waals surface area contributed by atoms with Crippen LogP contribution in [0.5, 0.6) is 0 Å². The van der Waals surface area contributed by atoms with Gasteiger partial charge >= 0.3 is 0 Å². The Morgan fingerprint density at radius 3 is 2.71 bits per heavy atom. The highest BCUT2D eigenvalue weighted by Gasteiger charge is 2.30. The highest BCUT2D eigenvalue weighted by atomic mass is 32.2. The summed E-state index contributed by atoms with van der Waals surface area (Å²) in [7, 11) is -0.691. The molecule has 1 aromatic carbocycles. The Kier molecular flexibility index (Phi) is 6.40. The van der Waals surface area contributed by atoms with E-state index < -0.39 is 10.8 Å². The average molecular weight is 308 g/mol. The molecule has 4 heteroatoms. The van der Waals surface area contributed by atoms with Gasteiger partial charge in [0, 0.05) is 54.0 Å². The largest absolute Gasteiger partial charge is 0.307 e. The van der Waals surface area contributed by atoms with E-state index in [0.717, 1.165) is 31.7 Å². The lowest BCUT2D eigenvalue weighted by Crippen LogP contribution is -2.55. The minimum Gasteiger partial charge on any atom is -0.307 e. The Hall–Kier alpha value is -0.710. The maximum absolute atomic E-state index is 11.3. The van der Waals surface area contributed by atoms with Crippen LogP contribution >= 0.6 is 0 Å². The second-order valence-electron chi connectivity index (χ2n) is 6.05. The second-order valence-corrected chi connectivity index (χ2v) is 7.60. The summed E-state index contributed by atoms with van der Waals surface area (Å²) in [4.78, 5) is 2.61. The zero-order chi connectivity index (χ0) is 15.2. The molecule has 4 unspecified atom stereocenters. The molecule has 1 fully saturated rings. The molecule has 1 saturated heterocycles. The Morgan fingerprint density at radius 2 is 2.10 bits per heavy atom. The molecule has 1 heterocycles. The lowest BCUT2D eigenvalue weighted by Gasteiger charge is -2.43. The van der Waals surface area contributed by atoms with Crippen molar-refractivity contribution in [2.45, 2.75) is 44.8 Å². The van der Waals surface area contributed by atoms with Crippen molar-refractivity contribution in [2.75, 3.05) is 25.1 Å². The van der Waals surface area contributed by atoms with E-state index in [0.29, 0.717) is 18.1 Å². The van der Waals surface area contributed by atoms with Crippen molar-refractivity contribution in [2.24, 2.45) is 0 Å². The quantitative estimate of drug-likeness (QED) is 0.876. The molecule has 0 amide bonds. The van der Waals surface area contributed by atoms with Crippen LogP contribution in [0, 0.1) is 0 Å². The van der Waals surface area contributed by atoms with Crippen molar-refractivity contribution in [1.82, 2.24) is 10.2 Å². The molecule has 0 aromatic heterocycles. The van der Waals surface area contributed by atoms with Crippen molar-refractivity contribution in [3.05, 3.63) is 35.9 Å². The van der Waals surface area contributed by atoms with Crippen LogP contribution in [0.25, 0.3) is 0 Å². The summed E-state index contributed by atoms with van der Waals surface area (Å²) in [6, 6.07) is 12.2. The molecule has 0 spiro atoms. The molecule has 0 bridgehead atoms. The molecule has 4 atom stereocenters. The number of hydrogen-bond donors (Lipinski definition) is 1. The van der Waals surface area contributed by atoms with Crippen molar-refractivity contribution in [1.29, 1.82) is 0 Å². The minimum absolute atomic E-state index is 0.406. The topological polar surface area (TPSA) is 32.3 Å². The third kappa shape index (κ3) is 4.63. The molecular weight excluding hydrogens is 280 g/mol. The number of hydrogen-bond acceptors (Lipinski definition) is 3. The van der Waals surface area contributed by atoms with Gasteiger partial charge < -0.3 is 5.32 Å². The van der Waals surface area contributed by atoms with E-state index in [-0.39, 0.29) is 0 Å². The van der Waals surface area contributed by atoms with Gasteiger partial charge in [-0.2, -0.15) is 0 Å². The van der Waals surface area contributed by atoms with Crippen LogP contribution in [0.15, 0.2) is 30.3 Å². The van der Waals surface area contributed by atoms with Gasteiger partial charge in [0.2, 0.25) is 0 Å². The summed E-state index contributed by atoms with van der Waals surface area (Å²) in [5, 5.41) is 3.68. The third-order valence-corrected chi connectivity index (χ3v) is 5.34. The maximum atomic E-state index is 11.3. The molecule has 21 heavy (non-hydrogen) atoms. The molecule has 3 nitrogen and oxygen atoms in total. The molecule has 118 valence electrons. The summed E-state index contributed by atoms with van der Waals surface area (Å²) in [5.74, 6) is 0.803. The van der Waals surface area contributed by atoms with Gasteiger partial charge in [0.15, 0.2) is 0 Å². The van der Waals surface area contributed by atoms with Crippen LogP contribution in [0.2, 0.25) is 0 Å². The number of nitrogens with zero attached hydrogens (tertiary/aromatic N) is 1. The molecule has 1 aromatic rings. The fourth-order valence-corrected chi connectivity index (χ4v) is 3.82. The number of piperazine rings is 1. The first-order valence-corrected chi connectivity index (χ1v) is 9.68. The standard InChI is InChI=1S/C17H28N2OS/c1-4-16-12-18-17(15-8-6-5-7-9-15)13-19(16)14(2)10-11-21(3)20/h5-9,14,16-18H,4,10-13H2,1-3H3. The Balaban J connectivity index is 2.03. The summed E-state index contributed by atoms with van der Waals surface area (Å²) >= 11 is 0. The summed E-state index contributed by atoms with van der Waals surface area (Å²) in [5.41, 5.74) is 1.36. The van der Waals surface area contributed by atoms with Crippen molar-refractivity contribution >= 4 is 10.8 Å². The van der Waals surface area contributed by atoms with Crippen LogP contribution < -0.4 is 5.32 Å². The first-order chi connectivity index (χ1) is 10.1. The predicted molar refractivity (Wildman–Crippen MR) is 91.0 cm³/mol. The molecular formula is C17H28N2OS. The first kappa shape index (κ1) is 16.7. The molecule has 2 rings (SSSR count). The number of benzene rings is 1. The molecule has 1 N–H and O–H groups in total. The van der Waals surface area contributed by atoms with Crippen molar-refractivity contribution in [3.8, 4) is 0 Å². The number of rotatable bonds is 6. The van der Waals surface area contributed by atoms with Crippen LogP contribution in [-0.2, 0) is 10.8 Å². The van der Waals surface area contributed by atoms with E-state index >= 15 is 0 Å². The van der Waals surface area contributed by atoms with Crippen LogP contribution in [-0.4, -0.2) is 46.3 Å². The van der Waals surface area contributed by atoms with E-state index in [1.54, 1.807) is 6.26 Å². The average Bonchev–Trinajstić information content (AvgIpc) is 2.52. The van der Waals surface area contributed by atoms with E-state index in [4.69, 9.17) is 0 Å². The van der Waals surface area contributed by atoms with Gasteiger partial charge in [-0.25, -0.2) is 0 Å². The third-order valence-electron chi connectivity index (χ3n) is 4.52. The predicted octanol–water partition coefficient (Wildman–Crippen LogP) is 2.57. The SMILES string of the molecule is CCC1CNC(c2ccccc2)CN1C(C)CCS(C)=O. The molecule has 0 radical (unpaired) electrons. The normalized spacial score (nSPS) is 26.4. The fourth-order valence-electron chi connectivity index (χ4n) is 3.15. The summed E-state index contributed by atoms with van der Waals surface area (Å²) in [6.45, 7) is 6.62. The summed E-state index contributed by atoms with van der Waals surface area (Å²) in [6.07, 6.45) is 3.98. The van der Waals surface area contributed by atoms with E-state index in [9.17, 15) is 4.21 Å². The smallest absolute Gasteiger partial charge is 0.0450 e. The van der Waals surface area contributed by atoms with Gasteiger partial charge in [-0.3, -0.25) is 9.11 Å². The molecule has 1 aliphatic rings. The summed E-state index contributed by atoms with van der Waals surface area (Å²) < 4.78 is 11.3. The maximum Gasteiger partial charge on any atom is 0.0450 e.